The molecule has 0 spiro atoms. The lowest BCUT2D eigenvalue weighted by atomic mass is 9.85. The Morgan fingerprint density at radius 3 is 2.90 bits per heavy atom. The van der Waals surface area contributed by atoms with Gasteiger partial charge in [0.1, 0.15) is 5.75 Å². The maximum absolute atomic E-state index is 12.9. The fourth-order valence-corrected chi connectivity index (χ4v) is 4.96. The van der Waals surface area contributed by atoms with Crippen molar-refractivity contribution in [1.82, 2.24) is 14.6 Å². The van der Waals surface area contributed by atoms with E-state index in [0.29, 0.717) is 12.0 Å². The van der Waals surface area contributed by atoms with Crippen LogP contribution in [0.2, 0.25) is 0 Å². The Labute approximate surface area is 173 Å². The molecule has 0 saturated heterocycles. The second-order valence-electron chi connectivity index (χ2n) is 7.32. The lowest BCUT2D eigenvalue weighted by Gasteiger charge is -2.22. The Bertz CT molecular complexity index is 1210. The molecule has 6 heteroatoms. The topological polar surface area (TPSA) is 56.5 Å². The van der Waals surface area contributed by atoms with E-state index in [2.05, 4.69) is 24.4 Å². The van der Waals surface area contributed by atoms with Gasteiger partial charge in [-0.05, 0) is 42.0 Å². The first-order valence-electron chi connectivity index (χ1n) is 9.80. The summed E-state index contributed by atoms with van der Waals surface area (Å²) in [5, 5.41) is 6.80. The van der Waals surface area contributed by atoms with E-state index in [1.807, 2.05) is 30.5 Å². The summed E-state index contributed by atoms with van der Waals surface area (Å²) in [6.45, 7) is 2.09. The summed E-state index contributed by atoms with van der Waals surface area (Å²) < 4.78 is 7.18. The number of hydrogen-bond donors (Lipinski definition) is 0. The van der Waals surface area contributed by atoms with Crippen LogP contribution < -0.4 is 4.74 Å². The number of Topliss-reactive ketones (excluding diaryl/α,β-unsaturated/α-hetero) is 1. The fourth-order valence-electron chi connectivity index (χ4n) is 4.13. The highest BCUT2D eigenvalue weighted by molar-refractivity contribution is 7.10. The quantitative estimate of drug-likeness (QED) is 0.484. The predicted molar refractivity (Wildman–Crippen MR) is 114 cm³/mol. The van der Waals surface area contributed by atoms with Crippen molar-refractivity contribution in [3.63, 3.8) is 0 Å². The Morgan fingerprint density at radius 2 is 2.14 bits per heavy atom. The van der Waals surface area contributed by atoms with Crippen LogP contribution >= 0.6 is 11.3 Å². The summed E-state index contributed by atoms with van der Waals surface area (Å²) in [6, 6.07) is 12.1. The summed E-state index contributed by atoms with van der Waals surface area (Å²) in [6.07, 6.45) is 3.97. The molecule has 0 radical (unpaired) electrons. The number of ketones is 1. The first-order valence-corrected chi connectivity index (χ1v) is 10.7. The minimum Gasteiger partial charge on any atom is -0.497 e. The fraction of sp³-hybridized carbons (Fsp3) is 0.261. The molecule has 0 amide bonds. The number of benzene rings is 1. The van der Waals surface area contributed by atoms with Crippen LogP contribution in [0.25, 0.3) is 16.8 Å². The molecule has 1 aliphatic rings. The van der Waals surface area contributed by atoms with Gasteiger partial charge in [0.25, 0.3) is 0 Å². The van der Waals surface area contributed by atoms with Crippen molar-refractivity contribution in [3.8, 4) is 16.9 Å². The number of methoxy groups -OCH3 is 1. The van der Waals surface area contributed by atoms with E-state index in [1.54, 1.807) is 23.0 Å². The van der Waals surface area contributed by atoms with Crippen LogP contribution in [-0.2, 0) is 12.8 Å². The smallest absolute Gasteiger partial charge is 0.166 e. The van der Waals surface area contributed by atoms with Gasteiger partial charge >= 0.3 is 0 Å². The molecule has 0 fully saturated rings. The SMILES string of the molecule is CCc1nn2cc3c(nc2c1-c1cccc(OC)c1)CC(c1cccs1)CC3=O. The molecule has 0 saturated carbocycles. The molecule has 3 aromatic heterocycles. The van der Waals surface area contributed by atoms with Crippen LogP contribution in [0.5, 0.6) is 5.75 Å². The number of nitrogens with zero attached hydrogens (tertiary/aromatic N) is 3. The second kappa shape index (κ2) is 7.12. The van der Waals surface area contributed by atoms with Crippen LogP contribution in [-0.4, -0.2) is 27.5 Å². The van der Waals surface area contributed by atoms with Gasteiger partial charge in [0.15, 0.2) is 11.4 Å². The molecule has 1 atom stereocenters. The standard InChI is InChI=1S/C23H21N3O2S/c1-3-18-22(14-6-4-7-16(10-14)28-2)23-24-19-11-15(21-8-5-9-29-21)12-20(27)17(19)13-26(23)25-18/h4-10,13,15H,3,11-12H2,1-2H3. The van der Waals surface area contributed by atoms with Crippen molar-refractivity contribution in [1.29, 1.82) is 0 Å². The van der Waals surface area contributed by atoms with Crippen molar-refractivity contribution in [3.05, 3.63) is 69.8 Å². The highest BCUT2D eigenvalue weighted by Crippen LogP contribution is 2.36. The largest absolute Gasteiger partial charge is 0.497 e. The summed E-state index contributed by atoms with van der Waals surface area (Å²) in [7, 11) is 1.67. The van der Waals surface area contributed by atoms with Gasteiger partial charge in [0.2, 0.25) is 0 Å². The van der Waals surface area contributed by atoms with Gasteiger partial charge in [-0.15, -0.1) is 11.3 Å². The first-order chi connectivity index (χ1) is 14.2. The van der Waals surface area contributed by atoms with E-state index in [-0.39, 0.29) is 11.7 Å². The van der Waals surface area contributed by atoms with Gasteiger partial charge in [-0.3, -0.25) is 4.79 Å². The molecule has 5 rings (SSSR count). The number of carbonyl (C=O) groups excluding carboxylic acids is 1. The van der Waals surface area contributed by atoms with E-state index >= 15 is 0 Å². The maximum Gasteiger partial charge on any atom is 0.166 e. The van der Waals surface area contributed by atoms with E-state index < -0.39 is 0 Å². The van der Waals surface area contributed by atoms with E-state index in [1.165, 1.54) is 4.88 Å². The molecule has 1 aromatic carbocycles. The average Bonchev–Trinajstić information content (AvgIpc) is 3.40. The number of rotatable bonds is 4. The minimum absolute atomic E-state index is 0.149. The summed E-state index contributed by atoms with van der Waals surface area (Å²) >= 11 is 1.71. The zero-order valence-electron chi connectivity index (χ0n) is 16.4. The Balaban J connectivity index is 1.68. The number of aryl methyl sites for hydroxylation is 1. The van der Waals surface area contributed by atoms with Crippen LogP contribution in [0, 0.1) is 0 Å². The van der Waals surface area contributed by atoms with Crippen molar-refractivity contribution in [2.45, 2.75) is 32.1 Å². The van der Waals surface area contributed by atoms with E-state index in [0.717, 1.165) is 46.8 Å². The molecule has 5 nitrogen and oxygen atoms in total. The Morgan fingerprint density at radius 1 is 1.24 bits per heavy atom. The van der Waals surface area contributed by atoms with E-state index in [9.17, 15) is 4.79 Å². The van der Waals surface area contributed by atoms with Crippen molar-refractivity contribution >= 4 is 22.8 Å². The third-order valence-corrected chi connectivity index (χ3v) is 6.61. The number of thiophene rings is 1. The third-order valence-electron chi connectivity index (χ3n) is 5.57. The van der Waals surface area contributed by atoms with Gasteiger partial charge in [0.05, 0.1) is 24.1 Å². The highest BCUT2D eigenvalue weighted by Gasteiger charge is 2.29. The number of fused-ring (bicyclic) bond motifs is 2. The van der Waals surface area contributed by atoms with Crippen LogP contribution in [0.15, 0.2) is 48.0 Å². The molecule has 1 unspecified atom stereocenters. The van der Waals surface area contributed by atoms with Crippen LogP contribution in [0.1, 0.15) is 45.9 Å². The number of hydrogen-bond acceptors (Lipinski definition) is 5. The molecule has 0 bridgehead atoms. The molecular weight excluding hydrogens is 382 g/mol. The lowest BCUT2D eigenvalue weighted by molar-refractivity contribution is 0.0963. The van der Waals surface area contributed by atoms with Crippen LogP contribution in [0.3, 0.4) is 0 Å². The van der Waals surface area contributed by atoms with Gasteiger partial charge in [-0.1, -0.05) is 25.1 Å². The zero-order valence-corrected chi connectivity index (χ0v) is 17.2. The summed E-state index contributed by atoms with van der Waals surface area (Å²) in [5.41, 5.74) is 5.39. The highest BCUT2D eigenvalue weighted by atomic mass is 32.1. The van der Waals surface area contributed by atoms with Gasteiger partial charge in [-0.25, -0.2) is 9.50 Å². The normalized spacial score (nSPS) is 16.2. The number of carbonyl (C=O) groups is 1. The molecule has 146 valence electrons. The van der Waals surface area contributed by atoms with Crippen molar-refractivity contribution in [2.75, 3.05) is 7.11 Å². The summed E-state index contributed by atoms with van der Waals surface area (Å²) in [5.74, 6) is 1.16. The predicted octanol–water partition coefficient (Wildman–Crippen LogP) is 4.94. The first kappa shape index (κ1) is 18.1. The molecule has 0 N–H and O–H groups in total. The number of ether oxygens (including phenoxy) is 1. The minimum atomic E-state index is 0.149. The molecule has 4 aromatic rings. The van der Waals surface area contributed by atoms with Gasteiger partial charge in [0, 0.05) is 29.0 Å². The third kappa shape index (κ3) is 3.04. The molecular formula is C23H21N3O2S. The zero-order chi connectivity index (χ0) is 20.0. The van der Waals surface area contributed by atoms with Crippen molar-refractivity contribution < 1.29 is 9.53 Å². The monoisotopic (exact) mass is 403 g/mol. The van der Waals surface area contributed by atoms with Crippen LogP contribution in [0.4, 0.5) is 0 Å². The maximum atomic E-state index is 12.9. The molecule has 1 aliphatic carbocycles. The average molecular weight is 404 g/mol. The molecule has 29 heavy (non-hydrogen) atoms. The van der Waals surface area contributed by atoms with Gasteiger partial charge in [-0.2, -0.15) is 5.10 Å². The molecule has 0 aliphatic heterocycles. The lowest BCUT2D eigenvalue weighted by Crippen LogP contribution is -2.20. The number of aromatic nitrogens is 3. The second-order valence-corrected chi connectivity index (χ2v) is 8.30. The Kier molecular flexibility index (Phi) is 4.43. The Hall–Kier alpha value is -2.99. The summed E-state index contributed by atoms with van der Waals surface area (Å²) in [4.78, 5) is 19.1. The van der Waals surface area contributed by atoms with Crippen molar-refractivity contribution in [2.24, 2.45) is 0 Å². The van der Waals surface area contributed by atoms with E-state index in [4.69, 9.17) is 14.8 Å². The molecule has 3 heterocycles. The van der Waals surface area contributed by atoms with Gasteiger partial charge < -0.3 is 4.74 Å².